The van der Waals surface area contributed by atoms with E-state index < -0.39 is 0 Å². The maximum absolute atomic E-state index is 4.70. The van der Waals surface area contributed by atoms with Gasteiger partial charge < -0.3 is 9.55 Å². The van der Waals surface area contributed by atoms with Crippen LogP contribution in [0.25, 0.3) is 10.9 Å². The number of H-pyrrole nitrogens is 1. The monoisotopic (exact) mass is 294 g/mol. The Bertz CT molecular complexity index is 798. The largest absolute Gasteiger partial charge is 0.361 e. The molecule has 4 heteroatoms. The summed E-state index contributed by atoms with van der Waals surface area (Å²) in [6.07, 6.45) is 5.33. The number of fused-ring (bicyclic) bond motifs is 1. The van der Waals surface area contributed by atoms with Crippen molar-refractivity contribution in [1.29, 1.82) is 0 Å². The number of aromatic nitrogens is 3. The first kappa shape index (κ1) is 13.6. The zero-order valence-corrected chi connectivity index (χ0v) is 13.2. The van der Waals surface area contributed by atoms with Gasteiger partial charge in [-0.15, -0.1) is 0 Å². The third-order valence-corrected chi connectivity index (χ3v) is 4.70. The number of hydrogen-bond donors (Lipinski definition) is 1. The molecule has 1 atom stereocenters. The van der Waals surface area contributed by atoms with Crippen molar-refractivity contribution in [1.82, 2.24) is 19.4 Å². The van der Waals surface area contributed by atoms with Gasteiger partial charge in [-0.3, -0.25) is 4.90 Å². The summed E-state index contributed by atoms with van der Waals surface area (Å²) in [5, 5.41) is 1.28. The van der Waals surface area contributed by atoms with Gasteiger partial charge in [0.25, 0.3) is 0 Å². The highest BCUT2D eigenvalue weighted by molar-refractivity contribution is 5.79. The van der Waals surface area contributed by atoms with Crippen LogP contribution in [-0.4, -0.2) is 32.5 Å². The van der Waals surface area contributed by atoms with Gasteiger partial charge in [0.15, 0.2) is 0 Å². The third kappa shape index (κ3) is 2.44. The Hall–Kier alpha value is -2.07. The fourth-order valence-electron chi connectivity index (χ4n) is 3.65. The van der Waals surface area contributed by atoms with Crippen LogP contribution in [0.1, 0.15) is 29.4 Å². The van der Waals surface area contributed by atoms with Gasteiger partial charge in [0.1, 0.15) is 5.82 Å². The van der Waals surface area contributed by atoms with E-state index in [4.69, 9.17) is 4.98 Å². The van der Waals surface area contributed by atoms with Gasteiger partial charge >= 0.3 is 0 Å². The minimum Gasteiger partial charge on any atom is -0.361 e. The smallest absolute Gasteiger partial charge is 0.113 e. The second-order valence-corrected chi connectivity index (χ2v) is 6.47. The molecule has 3 heterocycles. The molecule has 114 valence electrons. The summed E-state index contributed by atoms with van der Waals surface area (Å²) in [5.74, 6) is 1.80. The predicted molar refractivity (Wildman–Crippen MR) is 88.9 cm³/mol. The summed E-state index contributed by atoms with van der Waals surface area (Å²) >= 11 is 0. The average molecular weight is 294 g/mol. The highest BCUT2D eigenvalue weighted by atomic mass is 15.2. The zero-order valence-electron chi connectivity index (χ0n) is 13.2. The molecule has 1 saturated heterocycles. The average Bonchev–Trinajstić information content (AvgIpc) is 3.18. The van der Waals surface area contributed by atoms with Crippen molar-refractivity contribution in [3.05, 3.63) is 53.7 Å². The number of nitrogens with one attached hydrogen (secondary N) is 1. The number of benzene rings is 1. The van der Waals surface area contributed by atoms with Crippen LogP contribution in [0.3, 0.4) is 0 Å². The highest BCUT2D eigenvalue weighted by Gasteiger charge is 2.26. The van der Waals surface area contributed by atoms with Gasteiger partial charge in [-0.2, -0.15) is 0 Å². The molecule has 0 aliphatic carbocycles. The van der Waals surface area contributed by atoms with Crippen molar-refractivity contribution in [2.45, 2.75) is 25.8 Å². The fourth-order valence-corrected chi connectivity index (χ4v) is 3.65. The number of nitrogens with zero attached hydrogens (tertiary/aromatic N) is 3. The van der Waals surface area contributed by atoms with Crippen LogP contribution < -0.4 is 0 Å². The quantitative estimate of drug-likeness (QED) is 0.805. The Labute approximate surface area is 130 Å². The molecule has 1 aromatic carbocycles. The first-order valence-corrected chi connectivity index (χ1v) is 7.97. The molecule has 4 nitrogen and oxygen atoms in total. The molecule has 1 aliphatic heterocycles. The van der Waals surface area contributed by atoms with Crippen molar-refractivity contribution in [2.24, 2.45) is 7.05 Å². The molecule has 1 fully saturated rings. The molecule has 2 aromatic heterocycles. The Morgan fingerprint density at radius 1 is 1.32 bits per heavy atom. The standard InChI is InChI=1S/C18H22N4/c1-13-10-21(2)18(20-13)16-6-8-22(12-16)11-14-3-4-15-5-7-19-17(15)9-14/h3-5,7,9-10,16,19H,6,8,11-12H2,1-2H3/t16-/m1/s1. The zero-order chi connectivity index (χ0) is 15.1. The van der Waals surface area contributed by atoms with Crippen molar-refractivity contribution < 1.29 is 0 Å². The second kappa shape index (κ2) is 5.29. The predicted octanol–water partition coefficient (Wildman–Crippen LogP) is 3.20. The lowest BCUT2D eigenvalue weighted by Crippen LogP contribution is -2.20. The molecule has 0 amide bonds. The van der Waals surface area contributed by atoms with E-state index in [2.05, 4.69) is 58.9 Å². The Balaban J connectivity index is 1.47. The fraction of sp³-hybridized carbons (Fsp3) is 0.389. The minimum atomic E-state index is 0.563. The molecule has 0 bridgehead atoms. The van der Waals surface area contributed by atoms with E-state index in [0.29, 0.717) is 5.92 Å². The molecule has 4 rings (SSSR count). The third-order valence-electron chi connectivity index (χ3n) is 4.70. The van der Waals surface area contributed by atoms with Crippen LogP contribution in [-0.2, 0) is 13.6 Å². The van der Waals surface area contributed by atoms with E-state index in [1.54, 1.807) is 0 Å². The molecular weight excluding hydrogens is 272 g/mol. The van der Waals surface area contributed by atoms with E-state index in [1.165, 1.54) is 28.7 Å². The molecule has 3 aromatic rings. The number of aryl methyl sites for hydroxylation is 2. The lowest BCUT2D eigenvalue weighted by molar-refractivity contribution is 0.325. The minimum absolute atomic E-state index is 0.563. The van der Waals surface area contributed by atoms with E-state index in [-0.39, 0.29) is 0 Å². The molecule has 0 unspecified atom stereocenters. The SMILES string of the molecule is Cc1cn(C)c([C@@H]2CCN(Cc3ccc4cc[nH]c4c3)C2)n1. The first-order valence-electron chi connectivity index (χ1n) is 7.97. The van der Waals surface area contributed by atoms with Gasteiger partial charge in [-0.25, -0.2) is 4.98 Å². The van der Waals surface area contributed by atoms with Gasteiger partial charge in [-0.1, -0.05) is 12.1 Å². The molecule has 0 radical (unpaired) electrons. The summed E-state index contributed by atoms with van der Waals surface area (Å²) in [6, 6.07) is 8.84. The molecule has 0 saturated carbocycles. The Kier molecular flexibility index (Phi) is 3.26. The van der Waals surface area contributed by atoms with Crippen molar-refractivity contribution in [2.75, 3.05) is 13.1 Å². The van der Waals surface area contributed by atoms with Crippen LogP contribution in [0.4, 0.5) is 0 Å². The van der Waals surface area contributed by atoms with Crippen LogP contribution in [0.15, 0.2) is 36.7 Å². The normalized spacial score (nSPS) is 19.3. The van der Waals surface area contributed by atoms with Gasteiger partial charge in [0.2, 0.25) is 0 Å². The molecule has 22 heavy (non-hydrogen) atoms. The molecular formula is C18H22N4. The summed E-state index contributed by atoms with van der Waals surface area (Å²) in [7, 11) is 2.11. The lowest BCUT2D eigenvalue weighted by atomic mass is 10.1. The maximum atomic E-state index is 4.70. The van der Waals surface area contributed by atoms with Gasteiger partial charge in [-0.05, 0) is 43.0 Å². The van der Waals surface area contributed by atoms with Crippen molar-refractivity contribution in [3.8, 4) is 0 Å². The van der Waals surface area contributed by atoms with E-state index >= 15 is 0 Å². The number of hydrogen-bond acceptors (Lipinski definition) is 2. The summed E-state index contributed by atoms with van der Waals surface area (Å²) in [6.45, 7) is 5.35. The lowest BCUT2D eigenvalue weighted by Gasteiger charge is -2.16. The summed E-state index contributed by atoms with van der Waals surface area (Å²) < 4.78 is 2.19. The molecule has 0 spiro atoms. The van der Waals surface area contributed by atoms with Crippen molar-refractivity contribution in [3.63, 3.8) is 0 Å². The summed E-state index contributed by atoms with van der Waals surface area (Å²) in [4.78, 5) is 10.5. The molecule has 1 aliphatic rings. The van der Waals surface area contributed by atoms with E-state index in [1.807, 2.05) is 6.20 Å². The number of rotatable bonds is 3. The number of aromatic amines is 1. The number of likely N-dealkylation sites (tertiary alicyclic amines) is 1. The van der Waals surface area contributed by atoms with Crippen LogP contribution >= 0.6 is 0 Å². The van der Waals surface area contributed by atoms with Gasteiger partial charge in [0.05, 0.1) is 5.69 Å². The Morgan fingerprint density at radius 3 is 3.05 bits per heavy atom. The number of imidazole rings is 1. The first-order chi connectivity index (χ1) is 10.7. The van der Waals surface area contributed by atoms with Crippen LogP contribution in [0.5, 0.6) is 0 Å². The second-order valence-electron chi connectivity index (χ2n) is 6.47. The van der Waals surface area contributed by atoms with Crippen LogP contribution in [0.2, 0.25) is 0 Å². The van der Waals surface area contributed by atoms with Gasteiger partial charge in [0, 0.05) is 44.0 Å². The summed E-state index contributed by atoms with van der Waals surface area (Å²) in [5.41, 5.74) is 3.73. The molecule has 1 N–H and O–H groups in total. The van der Waals surface area contributed by atoms with Crippen LogP contribution in [0, 0.1) is 6.92 Å². The van der Waals surface area contributed by atoms with E-state index in [9.17, 15) is 0 Å². The van der Waals surface area contributed by atoms with Crippen molar-refractivity contribution >= 4 is 10.9 Å². The topological polar surface area (TPSA) is 36.9 Å². The van der Waals surface area contributed by atoms with E-state index in [0.717, 1.165) is 25.3 Å². The highest BCUT2D eigenvalue weighted by Crippen LogP contribution is 2.27. The Morgan fingerprint density at radius 2 is 2.23 bits per heavy atom. The maximum Gasteiger partial charge on any atom is 0.113 e.